The van der Waals surface area contributed by atoms with E-state index in [-0.39, 0.29) is 11.7 Å². The summed E-state index contributed by atoms with van der Waals surface area (Å²) in [5.41, 5.74) is 1.38. The van der Waals surface area contributed by atoms with Crippen LogP contribution in [0.4, 0.5) is 5.69 Å². The van der Waals surface area contributed by atoms with Crippen LogP contribution in [-0.2, 0) is 4.79 Å². The van der Waals surface area contributed by atoms with Gasteiger partial charge in [0.2, 0.25) is 0 Å². The van der Waals surface area contributed by atoms with Gasteiger partial charge in [-0.2, -0.15) is 0 Å². The Balaban J connectivity index is 2.21. The lowest BCUT2D eigenvalue weighted by Gasteiger charge is -2.06. The van der Waals surface area contributed by atoms with Gasteiger partial charge in [-0.05, 0) is 35.9 Å². The van der Waals surface area contributed by atoms with Crippen LogP contribution in [0.2, 0.25) is 0 Å². The summed E-state index contributed by atoms with van der Waals surface area (Å²) in [5, 5.41) is 2.72. The van der Waals surface area contributed by atoms with Gasteiger partial charge in [0.1, 0.15) is 6.29 Å². The lowest BCUT2D eigenvalue weighted by molar-refractivity contribution is -0.104. The average molecular weight is 241 g/mol. The molecule has 0 unspecified atom stereocenters. The zero-order valence-corrected chi connectivity index (χ0v) is 9.50. The number of rotatable bonds is 4. The summed E-state index contributed by atoms with van der Waals surface area (Å²) in [4.78, 5) is 22.1. The third kappa shape index (κ3) is 2.74. The van der Waals surface area contributed by atoms with Gasteiger partial charge in [0.05, 0.1) is 6.26 Å². The Kier molecular flexibility index (Phi) is 3.71. The first-order valence-electron chi connectivity index (χ1n) is 5.37. The van der Waals surface area contributed by atoms with E-state index in [1.54, 1.807) is 36.4 Å². The Morgan fingerprint density at radius 1 is 1.17 bits per heavy atom. The van der Waals surface area contributed by atoms with Crippen LogP contribution in [0.25, 0.3) is 6.08 Å². The molecule has 1 amide bonds. The monoisotopic (exact) mass is 241 g/mol. The first-order valence-corrected chi connectivity index (χ1v) is 5.37. The highest BCUT2D eigenvalue weighted by Gasteiger charge is 2.09. The third-order valence-electron chi connectivity index (χ3n) is 2.31. The number of nitrogens with one attached hydrogen (secondary N) is 1. The summed E-state index contributed by atoms with van der Waals surface area (Å²) < 4.78 is 5.00. The number of allylic oxidation sites excluding steroid dienone is 1. The molecule has 1 aromatic carbocycles. The second-order valence-electron chi connectivity index (χ2n) is 3.51. The molecule has 0 radical (unpaired) electrons. The van der Waals surface area contributed by atoms with Gasteiger partial charge in [0.25, 0.3) is 5.91 Å². The van der Waals surface area contributed by atoms with E-state index in [4.69, 9.17) is 4.42 Å². The topological polar surface area (TPSA) is 59.3 Å². The number of anilines is 1. The minimum atomic E-state index is -0.327. The van der Waals surface area contributed by atoms with Crippen molar-refractivity contribution in [2.24, 2.45) is 0 Å². The van der Waals surface area contributed by atoms with Gasteiger partial charge in [-0.3, -0.25) is 9.59 Å². The lowest BCUT2D eigenvalue weighted by atomic mass is 10.1. The predicted molar refractivity (Wildman–Crippen MR) is 68.2 cm³/mol. The molecular weight excluding hydrogens is 230 g/mol. The van der Waals surface area contributed by atoms with Crippen LogP contribution >= 0.6 is 0 Å². The molecule has 4 heteroatoms. The number of para-hydroxylation sites is 1. The van der Waals surface area contributed by atoms with Crippen LogP contribution in [0.1, 0.15) is 16.1 Å². The zero-order valence-electron chi connectivity index (χ0n) is 9.50. The highest BCUT2D eigenvalue weighted by atomic mass is 16.3. The van der Waals surface area contributed by atoms with Crippen molar-refractivity contribution < 1.29 is 14.0 Å². The molecule has 2 rings (SSSR count). The van der Waals surface area contributed by atoms with E-state index in [0.29, 0.717) is 12.0 Å². The molecule has 0 atom stereocenters. The summed E-state index contributed by atoms with van der Waals surface area (Å²) >= 11 is 0. The van der Waals surface area contributed by atoms with E-state index in [9.17, 15) is 9.59 Å². The van der Waals surface area contributed by atoms with Crippen LogP contribution in [0.15, 0.2) is 53.2 Å². The zero-order chi connectivity index (χ0) is 12.8. The lowest BCUT2D eigenvalue weighted by Crippen LogP contribution is -2.11. The van der Waals surface area contributed by atoms with E-state index >= 15 is 0 Å². The van der Waals surface area contributed by atoms with Gasteiger partial charge in [-0.15, -0.1) is 0 Å². The van der Waals surface area contributed by atoms with Crippen molar-refractivity contribution >= 4 is 24.0 Å². The van der Waals surface area contributed by atoms with Crippen molar-refractivity contribution in [3.8, 4) is 0 Å². The number of benzene rings is 1. The third-order valence-corrected chi connectivity index (χ3v) is 2.31. The first-order chi connectivity index (χ1) is 8.81. The van der Waals surface area contributed by atoms with Gasteiger partial charge in [0.15, 0.2) is 5.76 Å². The molecule has 0 aliphatic heterocycles. The Morgan fingerprint density at radius 2 is 2.00 bits per heavy atom. The molecule has 1 heterocycles. The van der Waals surface area contributed by atoms with Gasteiger partial charge in [-0.1, -0.05) is 18.2 Å². The number of amides is 1. The Morgan fingerprint density at radius 3 is 2.72 bits per heavy atom. The number of carbonyl (C=O) groups is 2. The van der Waals surface area contributed by atoms with E-state index in [2.05, 4.69) is 5.32 Å². The molecule has 18 heavy (non-hydrogen) atoms. The quantitative estimate of drug-likeness (QED) is 0.661. The van der Waals surface area contributed by atoms with E-state index in [1.807, 2.05) is 6.07 Å². The van der Waals surface area contributed by atoms with Crippen LogP contribution in [-0.4, -0.2) is 12.2 Å². The molecule has 0 aliphatic carbocycles. The molecule has 0 bridgehead atoms. The van der Waals surface area contributed by atoms with E-state index < -0.39 is 0 Å². The van der Waals surface area contributed by atoms with Crippen molar-refractivity contribution in [1.29, 1.82) is 0 Å². The van der Waals surface area contributed by atoms with Crippen LogP contribution in [0, 0.1) is 0 Å². The Bertz CT molecular complexity index is 570. The molecule has 1 N–H and O–H groups in total. The fraction of sp³-hybridized carbons (Fsp3) is 0. The van der Waals surface area contributed by atoms with Crippen LogP contribution in [0.3, 0.4) is 0 Å². The summed E-state index contributed by atoms with van der Waals surface area (Å²) in [6, 6.07) is 10.4. The maximum absolute atomic E-state index is 11.8. The Hall–Kier alpha value is -2.62. The maximum atomic E-state index is 11.8. The molecular formula is C14H11NO3. The second-order valence-corrected chi connectivity index (χ2v) is 3.51. The molecule has 0 fully saturated rings. The predicted octanol–water partition coefficient (Wildman–Crippen LogP) is 2.74. The molecule has 0 aliphatic rings. The average Bonchev–Trinajstić information content (AvgIpc) is 2.91. The molecule has 0 saturated carbocycles. The molecule has 4 nitrogen and oxygen atoms in total. The van der Waals surface area contributed by atoms with E-state index in [1.165, 1.54) is 12.3 Å². The van der Waals surface area contributed by atoms with Crippen molar-refractivity contribution in [2.75, 3.05) is 5.32 Å². The summed E-state index contributed by atoms with van der Waals surface area (Å²) in [5.74, 6) is -0.0869. The summed E-state index contributed by atoms with van der Waals surface area (Å²) in [6.07, 6.45) is 5.13. The van der Waals surface area contributed by atoms with Gasteiger partial charge in [-0.25, -0.2) is 0 Å². The normalized spacial score (nSPS) is 10.4. The molecule has 0 spiro atoms. The van der Waals surface area contributed by atoms with Crippen molar-refractivity contribution in [3.05, 3.63) is 60.1 Å². The molecule has 2 aromatic rings. The van der Waals surface area contributed by atoms with E-state index in [0.717, 1.165) is 5.56 Å². The Labute approximate surface area is 104 Å². The van der Waals surface area contributed by atoms with Crippen molar-refractivity contribution in [2.45, 2.75) is 0 Å². The van der Waals surface area contributed by atoms with Crippen molar-refractivity contribution in [3.63, 3.8) is 0 Å². The van der Waals surface area contributed by atoms with Crippen molar-refractivity contribution in [1.82, 2.24) is 0 Å². The number of hydrogen-bond donors (Lipinski definition) is 1. The minimum Gasteiger partial charge on any atom is -0.459 e. The van der Waals surface area contributed by atoms with Crippen LogP contribution in [0.5, 0.6) is 0 Å². The molecule has 90 valence electrons. The number of furan rings is 1. The summed E-state index contributed by atoms with van der Waals surface area (Å²) in [7, 11) is 0. The van der Waals surface area contributed by atoms with Gasteiger partial charge >= 0.3 is 0 Å². The fourth-order valence-electron chi connectivity index (χ4n) is 1.49. The molecule has 1 aromatic heterocycles. The standard InChI is InChI=1S/C14H11NO3/c16-9-3-6-11-5-1-2-7-12(11)15-14(17)13-8-4-10-18-13/h1-10H,(H,15,17)/b6-3+. The van der Waals surface area contributed by atoms with Gasteiger partial charge in [0, 0.05) is 5.69 Å². The fourth-order valence-corrected chi connectivity index (χ4v) is 1.49. The smallest absolute Gasteiger partial charge is 0.291 e. The van der Waals surface area contributed by atoms with Crippen LogP contribution < -0.4 is 5.32 Å². The van der Waals surface area contributed by atoms with Gasteiger partial charge < -0.3 is 9.73 Å². The highest BCUT2D eigenvalue weighted by molar-refractivity contribution is 6.03. The number of aldehydes is 1. The highest BCUT2D eigenvalue weighted by Crippen LogP contribution is 2.17. The maximum Gasteiger partial charge on any atom is 0.291 e. The first kappa shape index (κ1) is 11.9. The molecule has 0 saturated heterocycles. The number of hydrogen-bond acceptors (Lipinski definition) is 3. The minimum absolute atomic E-state index is 0.240. The largest absolute Gasteiger partial charge is 0.459 e. The number of carbonyl (C=O) groups excluding carboxylic acids is 2. The summed E-state index contributed by atoms with van der Waals surface area (Å²) in [6.45, 7) is 0. The second kappa shape index (κ2) is 5.63. The SMILES string of the molecule is O=C/C=C/c1ccccc1NC(=O)c1ccco1.